The molecule has 0 aliphatic carbocycles. The van der Waals surface area contributed by atoms with Crippen molar-refractivity contribution < 1.29 is 36.9 Å². The number of hydrogen-bond donors (Lipinski definition) is 0. The molecule has 1 aliphatic heterocycles. The molecular formula is C36H33F3N2O5. The second kappa shape index (κ2) is 11.9. The second-order valence-electron chi connectivity index (χ2n) is 12.3. The van der Waals surface area contributed by atoms with Gasteiger partial charge in [-0.15, -0.1) is 13.2 Å². The van der Waals surface area contributed by atoms with Crippen LogP contribution in [0.15, 0.2) is 66.9 Å². The third-order valence-electron chi connectivity index (χ3n) is 7.68. The smallest absolute Gasteiger partial charge is 0.493 e. The molecule has 46 heavy (non-hydrogen) atoms. The van der Waals surface area contributed by atoms with Crippen molar-refractivity contribution in [3.8, 4) is 28.5 Å². The van der Waals surface area contributed by atoms with Crippen molar-refractivity contribution in [2.24, 2.45) is 0 Å². The number of pyridine rings is 2. The lowest BCUT2D eigenvalue weighted by Gasteiger charge is -2.30. The molecule has 0 fully saturated rings. The van der Waals surface area contributed by atoms with E-state index in [0.717, 1.165) is 56.3 Å². The molecule has 1 atom stereocenters. The fourth-order valence-electron chi connectivity index (χ4n) is 5.90. The van der Waals surface area contributed by atoms with Crippen molar-refractivity contribution in [3.63, 3.8) is 0 Å². The predicted octanol–water partition coefficient (Wildman–Crippen LogP) is 8.62. The molecule has 0 N–H and O–H groups in total. The van der Waals surface area contributed by atoms with Gasteiger partial charge in [0.2, 0.25) is 5.88 Å². The molecule has 238 valence electrons. The number of aromatic nitrogens is 2. The Kier molecular flexibility index (Phi) is 8.10. The first-order valence-corrected chi connectivity index (χ1v) is 14.9. The van der Waals surface area contributed by atoms with Crippen LogP contribution in [0.2, 0.25) is 0 Å². The van der Waals surface area contributed by atoms with Gasteiger partial charge in [0.1, 0.15) is 24.2 Å². The monoisotopic (exact) mass is 630 g/mol. The number of fused-ring (bicyclic) bond motifs is 1. The van der Waals surface area contributed by atoms with E-state index in [1.807, 2.05) is 58.0 Å². The van der Waals surface area contributed by atoms with E-state index in [2.05, 4.69) is 4.74 Å². The summed E-state index contributed by atoms with van der Waals surface area (Å²) in [5.74, 6) is 0.581. The molecule has 0 bridgehead atoms. The highest BCUT2D eigenvalue weighted by Gasteiger charge is 2.32. The Bertz CT molecular complexity index is 1960. The van der Waals surface area contributed by atoms with Gasteiger partial charge in [-0.05, 0) is 105 Å². The van der Waals surface area contributed by atoms with Crippen molar-refractivity contribution in [1.82, 2.24) is 9.97 Å². The topological polar surface area (TPSA) is 79.8 Å². The number of aryl methyl sites for hydroxylation is 1. The number of benzene rings is 3. The molecule has 0 amide bonds. The van der Waals surface area contributed by atoms with Gasteiger partial charge in [0.25, 0.3) is 0 Å². The SMILES string of the molecule is CC(=O)C(OC(C)(C)C)c1c(C)cc2nc(OCc3cccc(OC(F)(F)F)c3)ccc2c1-c1ccc2c3c(ccnc13)CCO2. The minimum absolute atomic E-state index is 0.0257. The van der Waals surface area contributed by atoms with Gasteiger partial charge in [-0.3, -0.25) is 9.78 Å². The van der Waals surface area contributed by atoms with Gasteiger partial charge in [0.15, 0.2) is 5.78 Å². The molecule has 6 rings (SSSR count). The number of carbonyl (C=O) groups is 1. The van der Waals surface area contributed by atoms with Crippen LogP contribution in [0.3, 0.4) is 0 Å². The van der Waals surface area contributed by atoms with Crippen LogP contribution in [0.25, 0.3) is 32.9 Å². The van der Waals surface area contributed by atoms with Gasteiger partial charge in [-0.25, -0.2) is 4.98 Å². The molecule has 3 heterocycles. The van der Waals surface area contributed by atoms with Crippen LogP contribution in [-0.2, 0) is 22.6 Å². The van der Waals surface area contributed by atoms with E-state index in [-0.39, 0.29) is 24.0 Å². The summed E-state index contributed by atoms with van der Waals surface area (Å²) >= 11 is 0. The van der Waals surface area contributed by atoms with Crippen LogP contribution in [0.1, 0.15) is 56.1 Å². The Morgan fingerprint density at radius 2 is 1.85 bits per heavy atom. The number of ketones is 1. The predicted molar refractivity (Wildman–Crippen MR) is 168 cm³/mol. The van der Waals surface area contributed by atoms with Crippen molar-refractivity contribution in [3.05, 3.63) is 89.1 Å². The van der Waals surface area contributed by atoms with Gasteiger partial charge < -0.3 is 18.9 Å². The Morgan fingerprint density at radius 3 is 2.59 bits per heavy atom. The fraction of sp³-hybridized carbons (Fsp3) is 0.306. The van der Waals surface area contributed by atoms with Crippen LogP contribution >= 0.6 is 0 Å². The first-order valence-electron chi connectivity index (χ1n) is 14.9. The maximum Gasteiger partial charge on any atom is 0.573 e. The third kappa shape index (κ3) is 6.48. The van der Waals surface area contributed by atoms with E-state index >= 15 is 0 Å². The third-order valence-corrected chi connectivity index (χ3v) is 7.68. The Balaban J connectivity index is 1.49. The average Bonchev–Trinajstić information content (AvgIpc) is 2.98. The molecule has 0 radical (unpaired) electrons. The van der Waals surface area contributed by atoms with E-state index < -0.39 is 18.1 Å². The summed E-state index contributed by atoms with van der Waals surface area (Å²) in [5, 5.41) is 1.70. The molecule has 7 nitrogen and oxygen atoms in total. The molecule has 0 spiro atoms. The second-order valence-corrected chi connectivity index (χ2v) is 12.3. The van der Waals surface area contributed by atoms with E-state index in [1.54, 1.807) is 18.3 Å². The number of carbonyl (C=O) groups excluding carboxylic acids is 1. The van der Waals surface area contributed by atoms with Crippen LogP contribution in [0.4, 0.5) is 13.2 Å². The van der Waals surface area contributed by atoms with Gasteiger partial charge in [0.05, 0.1) is 23.2 Å². The quantitative estimate of drug-likeness (QED) is 0.170. The summed E-state index contributed by atoms with van der Waals surface area (Å²) in [5.41, 5.74) is 5.49. The summed E-state index contributed by atoms with van der Waals surface area (Å²) in [6.45, 7) is 9.74. The lowest BCUT2D eigenvalue weighted by molar-refractivity contribution is -0.274. The molecule has 0 saturated carbocycles. The Hall–Kier alpha value is -4.70. The fourth-order valence-corrected chi connectivity index (χ4v) is 5.90. The number of ether oxygens (including phenoxy) is 4. The zero-order valence-corrected chi connectivity index (χ0v) is 26.1. The van der Waals surface area contributed by atoms with E-state index in [4.69, 9.17) is 24.2 Å². The highest BCUT2D eigenvalue weighted by Crippen LogP contribution is 2.45. The molecule has 2 aromatic heterocycles. The maximum atomic E-state index is 13.2. The molecule has 3 aromatic carbocycles. The normalized spacial score (nSPS) is 13.8. The van der Waals surface area contributed by atoms with Crippen LogP contribution in [0.5, 0.6) is 17.4 Å². The number of alkyl halides is 3. The van der Waals surface area contributed by atoms with Gasteiger partial charge >= 0.3 is 6.36 Å². The highest BCUT2D eigenvalue weighted by atomic mass is 19.4. The summed E-state index contributed by atoms with van der Waals surface area (Å²) in [6, 6.07) is 17.0. The Labute approximate surface area is 264 Å². The maximum absolute atomic E-state index is 13.2. The lowest BCUT2D eigenvalue weighted by atomic mass is 9.86. The van der Waals surface area contributed by atoms with Gasteiger partial charge in [-0.1, -0.05) is 12.1 Å². The Morgan fingerprint density at radius 1 is 1.04 bits per heavy atom. The van der Waals surface area contributed by atoms with Gasteiger partial charge in [-0.2, -0.15) is 0 Å². The number of Topliss-reactive ketones (excluding diaryl/α,β-unsaturated/α-hetero) is 1. The lowest BCUT2D eigenvalue weighted by Crippen LogP contribution is -2.27. The van der Waals surface area contributed by atoms with Crippen molar-refractivity contribution in [1.29, 1.82) is 0 Å². The van der Waals surface area contributed by atoms with E-state index in [9.17, 15) is 18.0 Å². The molecule has 1 aliphatic rings. The zero-order chi connectivity index (χ0) is 32.8. The zero-order valence-electron chi connectivity index (χ0n) is 26.1. The highest BCUT2D eigenvalue weighted by molar-refractivity contribution is 6.08. The summed E-state index contributed by atoms with van der Waals surface area (Å²) in [4.78, 5) is 22.8. The molecule has 10 heteroatoms. The van der Waals surface area contributed by atoms with Gasteiger partial charge in [0, 0.05) is 35.0 Å². The molecular weight excluding hydrogens is 597 g/mol. The average molecular weight is 631 g/mol. The van der Waals surface area contributed by atoms with Crippen molar-refractivity contribution >= 4 is 27.6 Å². The largest absolute Gasteiger partial charge is 0.573 e. The number of rotatable bonds is 8. The van der Waals surface area contributed by atoms with Crippen LogP contribution < -0.4 is 14.2 Å². The van der Waals surface area contributed by atoms with Crippen LogP contribution in [-0.4, -0.2) is 34.3 Å². The number of nitrogens with zero attached hydrogens (tertiary/aromatic N) is 2. The van der Waals surface area contributed by atoms with Crippen molar-refractivity contribution in [2.75, 3.05) is 6.61 Å². The summed E-state index contributed by atoms with van der Waals surface area (Å²) < 4.78 is 60.5. The molecule has 5 aromatic rings. The molecule has 1 unspecified atom stereocenters. The number of hydrogen-bond acceptors (Lipinski definition) is 7. The molecule has 0 saturated heterocycles. The first-order chi connectivity index (χ1) is 21.8. The standard InChI is InChI=1S/C36H33F3N2O5/c1-20-17-27-25(10-12-29(41-27)44-19-22-7-6-8-24(18-22)45-36(37,38)39)32(30(20)34(21(2)42)46-35(3,4)5)26-9-11-28-31-23(14-16-43-28)13-15-40-33(26)31/h6-13,15,17-18,34H,14,16,19H2,1-5H3. The number of halogens is 3. The summed E-state index contributed by atoms with van der Waals surface area (Å²) in [6.07, 6.45) is -3.10. The first kappa shape index (κ1) is 31.3. The van der Waals surface area contributed by atoms with Crippen LogP contribution in [0, 0.1) is 6.92 Å². The minimum atomic E-state index is -4.79. The summed E-state index contributed by atoms with van der Waals surface area (Å²) in [7, 11) is 0. The van der Waals surface area contributed by atoms with E-state index in [0.29, 0.717) is 17.7 Å². The van der Waals surface area contributed by atoms with Crippen molar-refractivity contribution in [2.45, 2.75) is 65.7 Å². The minimum Gasteiger partial charge on any atom is -0.493 e. The van der Waals surface area contributed by atoms with E-state index in [1.165, 1.54) is 25.1 Å².